The Morgan fingerprint density at radius 2 is 2.26 bits per heavy atom. The van der Waals surface area contributed by atoms with Crippen LogP contribution in [0.3, 0.4) is 0 Å². The Labute approximate surface area is 141 Å². The third-order valence-corrected chi connectivity index (χ3v) is 6.12. The minimum Gasteiger partial charge on any atom is -0.337 e. The molecule has 4 rings (SSSR count). The highest BCUT2D eigenvalue weighted by Crippen LogP contribution is 2.43. The van der Waals surface area contributed by atoms with E-state index in [0.717, 1.165) is 30.1 Å². The lowest BCUT2D eigenvalue weighted by Crippen LogP contribution is -3.11. The number of piperidine rings is 1. The fraction of sp³-hybridized carbons (Fsp3) is 0.421. The van der Waals surface area contributed by atoms with Crippen LogP contribution in [0.4, 0.5) is 5.69 Å². The number of carbonyl (C=O) groups is 1. The molecule has 3 nitrogen and oxygen atoms in total. The SMILES string of the molecule is Cc1ccc2c(c1)[C@@H]1C[NH+](C)CC[C@H]1N2C(=O)Cc1cccs1. The summed E-state index contributed by atoms with van der Waals surface area (Å²) in [5.41, 5.74) is 3.83. The lowest BCUT2D eigenvalue weighted by Gasteiger charge is -2.34. The summed E-state index contributed by atoms with van der Waals surface area (Å²) >= 11 is 1.67. The molecule has 120 valence electrons. The number of rotatable bonds is 2. The van der Waals surface area contributed by atoms with Crippen LogP contribution in [0.5, 0.6) is 0 Å². The highest BCUT2D eigenvalue weighted by molar-refractivity contribution is 7.10. The van der Waals surface area contributed by atoms with Gasteiger partial charge in [-0.1, -0.05) is 23.8 Å². The highest BCUT2D eigenvalue weighted by Gasteiger charge is 2.45. The van der Waals surface area contributed by atoms with Crippen molar-refractivity contribution in [1.82, 2.24) is 0 Å². The molecule has 2 aliphatic rings. The third-order valence-electron chi connectivity index (χ3n) is 5.25. The molecule has 1 saturated heterocycles. The molecule has 1 fully saturated rings. The van der Waals surface area contributed by atoms with Gasteiger partial charge in [0.15, 0.2) is 0 Å². The van der Waals surface area contributed by atoms with Gasteiger partial charge in [0.2, 0.25) is 5.91 Å². The number of thiophene rings is 1. The number of hydrogen-bond donors (Lipinski definition) is 1. The van der Waals surface area contributed by atoms with Crippen LogP contribution >= 0.6 is 11.3 Å². The van der Waals surface area contributed by atoms with Crippen LogP contribution in [-0.4, -0.2) is 32.1 Å². The molecular weight excluding hydrogens is 304 g/mol. The summed E-state index contributed by atoms with van der Waals surface area (Å²) < 4.78 is 0. The number of fused-ring (bicyclic) bond motifs is 3. The molecule has 1 aromatic carbocycles. The maximum Gasteiger partial charge on any atom is 0.232 e. The molecule has 1 N–H and O–H groups in total. The second kappa shape index (κ2) is 5.77. The number of benzene rings is 1. The number of nitrogens with zero attached hydrogens (tertiary/aromatic N) is 1. The van der Waals surface area contributed by atoms with E-state index in [9.17, 15) is 4.79 Å². The van der Waals surface area contributed by atoms with E-state index in [1.807, 2.05) is 11.4 Å². The maximum absolute atomic E-state index is 13.0. The normalized spacial score (nSPS) is 26.0. The smallest absolute Gasteiger partial charge is 0.232 e. The second-order valence-corrected chi connectivity index (χ2v) is 7.99. The van der Waals surface area contributed by atoms with Gasteiger partial charge in [-0.15, -0.1) is 11.3 Å². The molecule has 1 amide bonds. The molecule has 1 aromatic heterocycles. The fourth-order valence-electron chi connectivity index (χ4n) is 4.17. The van der Waals surface area contributed by atoms with Crippen molar-refractivity contribution in [2.45, 2.75) is 31.7 Å². The lowest BCUT2D eigenvalue weighted by atomic mass is 9.89. The first-order valence-corrected chi connectivity index (χ1v) is 9.28. The van der Waals surface area contributed by atoms with Crippen LogP contribution in [0.1, 0.15) is 28.3 Å². The first kappa shape index (κ1) is 14.9. The highest BCUT2D eigenvalue weighted by atomic mass is 32.1. The fourth-order valence-corrected chi connectivity index (χ4v) is 4.87. The number of carbonyl (C=O) groups excluding carboxylic acids is 1. The summed E-state index contributed by atoms with van der Waals surface area (Å²) in [5, 5.41) is 2.05. The Morgan fingerprint density at radius 3 is 3.04 bits per heavy atom. The summed E-state index contributed by atoms with van der Waals surface area (Å²) in [6.07, 6.45) is 1.62. The zero-order chi connectivity index (χ0) is 16.0. The minimum absolute atomic E-state index is 0.254. The molecule has 0 aliphatic carbocycles. The zero-order valence-electron chi connectivity index (χ0n) is 13.7. The quantitative estimate of drug-likeness (QED) is 0.897. The first-order valence-electron chi connectivity index (χ1n) is 8.40. The molecule has 2 aromatic rings. The molecule has 1 unspecified atom stereocenters. The Morgan fingerprint density at radius 1 is 1.39 bits per heavy atom. The molecule has 0 saturated carbocycles. The van der Waals surface area contributed by atoms with Crippen molar-refractivity contribution in [3.63, 3.8) is 0 Å². The molecule has 2 aliphatic heterocycles. The molecule has 0 spiro atoms. The number of hydrogen-bond acceptors (Lipinski definition) is 2. The van der Waals surface area contributed by atoms with Crippen LogP contribution < -0.4 is 9.80 Å². The van der Waals surface area contributed by atoms with Gasteiger partial charge in [0.1, 0.15) is 0 Å². The molecule has 23 heavy (non-hydrogen) atoms. The van der Waals surface area contributed by atoms with Crippen molar-refractivity contribution in [3.8, 4) is 0 Å². The number of quaternary nitrogens is 1. The predicted octanol–water partition coefficient (Wildman–Crippen LogP) is 2.02. The van der Waals surface area contributed by atoms with Gasteiger partial charge < -0.3 is 9.80 Å². The van der Waals surface area contributed by atoms with Crippen molar-refractivity contribution in [2.75, 3.05) is 25.0 Å². The number of nitrogens with one attached hydrogen (secondary N) is 1. The number of aryl methyl sites for hydroxylation is 1. The van der Waals surface area contributed by atoms with Crippen LogP contribution in [0.25, 0.3) is 0 Å². The van der Waals surface area contributed by atoms with Gasteiger partial charge in [-0.3, -0.25) is 4.79 Å². The molecule has 3 atom stereocenters. The Balaban J connectivity index is 1.70. The average Bonchev–Trinajstić information content (AvgIpc) is 3.13. The van der Waals surface area contributed by atoms with E-state index in [-0.39, 0.29) is 5.91 Å². The Kier molecular flexibility index (Phi) is 3.74. The predicted molar refractivity (Wildman–Crippen MR) is 94.5 cm³/mol. The minimum atomic E-state index is 0.254. The van der Waals surface area contributed by atoms with Gasteiger partial charge >= 0.3 is 0 Å². The van der Waals surface area contributed by atoms with Crippen LogP contribution in [0, 0.1) is 6.92 Å². The van der Waals surface area contributed by atoms with Gasteiger partial charge in [0.25, 0.3) is 0 Å². The van der Waals surface area contributed by atoms with Crippen molar-refractivity contribution in [2.24, 2.45) is 0 Å². The van der Waals surface area contributed by atoms with E-state index in [0.29, 0.717) is 18.4 Å². The monoisotopic (exact) mass is 327 g/mol. The average molecular weight is 327 g/mol. The van der Waals surface area contributed by atoms with E-state index >= 15 is 0 Å². The van der Waals surface area contributed by atoms with Gasteiger partial charge in [0, 0.05) is 17.0 Å². The number of likely N-dealkylation sites (tertiary alicyclic amines) is 1. The van der Waals surface area contributed by atoms with Crippen molar-refractivity contribution >= 4 is 22.9 Å². The van der Waals surface area contributed by atoms with Crippen molar-refractivity contribution in [1.29, 1.82) is 0 Å². The summed E-state index contributed by atoms with van der Waals surface area (Å²) in [7, 11) is 2.27. The molecule has 3 heterocycles. The zero-order valence-corrected chi connectivity index (χ0v) is 14.5. The largest absolute Gasteiger partial charge is 0.337 e. The maximum atomic E-state index is 13.0. The molecular formula is C19H23N2OS+. The van der Waals surface area contributed by atoms with Crippen LogP contribution in [0.15, 0.2) is 35.7 Å². The Bertz CT molecular complexity index is 725. The summed E-state index contributed by atoms with van der Waals surface area (Å²) in [6, 6.07) is 11.0. The standard InChI is InChI=1S/C19H22N2OS/c1-13-5-6-17-15(10-13)16-12-20(2)8-7-18(16)21(17)19(22)11-14-4-3-9-23-14/h3-6,9-10,16,18H,7-8,11-12H2,1-2H3/p+1/t16-,18+/m0/s1. The van der Waals surface area contributed by atoms with Crippen LogP contribution in [-0.2, 0) is 11.2 Å². The van der Waals surface area contributed by atoms with Gasteiger partial charge in [-0.2, -0.15) is 0 Å². The topological polar surface area (TPSA) is 24.8 Å². The lowest BCUT2D eigenvalue weighted by molar-refractivity contribution is -0.886. The second-order valence-electron chi connectivity index (χ2n) is 6.96. The van der Waals surface area contributed by atoms with Gasteiger partial charge in [0.05, 0.1) is 38.5 Å². The summed E-state index contributed by atoms with van der Waals surface area (Å²) in [4.78, 5) is 17.9. The van der Waals surface area contributed by atoms with Gasteiger partial charge in [-0.05, 0) is 30.0 Å². The van der Waals surface area contributed by atoms with E-state index < -0.39 is 0 Å². The van der Waals surface area contributed by atoms with Crippen molar-refractivity contribution < 1.29 is 9.69 Å². The van der Waals surface area contributed by atoms with Crippen molar-refractivity contribution in [3.05, 3.63) is 51.7 Å². The van der Waals surface area contributed by atoms with Gasteiger partial charge in [-0.25, -0.2) is 0 Å². The third kappa shape index (κ3) is 2.60. The Hall–Kier alpha value is -1.65. The first-order chi connectivity index (χ1) is 11.1. The van der Waals surface area contributed by atoms with E-state index in [1.165, 1.54) is 11.1 Å². The summed E-state index contributed by atoms with van der Waals surface area (Å²) in [5.74, 6) is 0.746. The van der Waals surface area contributed by atoms with Crippen LogP contribution in [0.2, 0.25) is 0 Å². The molecule has 0 radical (unpaired) electrons. The summed E-state index contributed by atoms with van der Waals surface area (Å²) in [6.45, 7) is 4.42. The van der Waals surface area contributed by atoms with E-state index in [2.05, 4.69) is 43.1 Å². The number of likely N-dealkylation sites (N-methyl/N-ethyl adjacent to an activating group) is 1. The number of amides is 1. The van der Waals surface area contributed by atoms with E-state index in [1.54, 1.807) is 16.2 Å². The molecule has 0 bridgehead atoms. The van der Waals surface area contributed by atoms with E-state index in [4.69, 9.17) is 0 Å². The molecule has 4 heteroatoms. The number of anilines is 1.